The van der Waals surface area contributed by atoms with Crippen LogP contribution in [0.5, 0.6) is 0 Å². The Balaban J connectivity index is 0. The molecule has 0 radical (unpaired) electrons. The number of amides is 1. The quantitative estimate of drug-likeness (QED) is 0.797. The highest BCUT2D eigenvalue weighted by Gasteiger charge is 2.25. The summed E-state index contributed by atoms with van der Waals surface area (Å²) in [5.74, 6) is 0.0217. The van der Waals surface area contributed by atoms with Crippen LogP contribution in [0.4, 0.5) is 0 Å². The largest absolute Gasteiger partial charge is 0.369 e. The Labute approximate surface area is 98.2 Å². The first-order valence-corrected chi connectivity index (χ1v) is 4.57. The number of hydrogen-bond acceptors (Lipinski definition) is 2. The summed E-state index contributed by atoms with van der Waals surface area (Å²) in [7, 11) is 4.19. The summed E-state index contributed by atoms with van der Waals surface area (Å²) in [6.45, 7) is 0. The van der Waals surface area contributed by atoms with Crippen LogP contribution in [-0.4, -0.2) is 30.9 Å². The molecule has 14 heavy (non-hydrogen) atoms. The van der Waals surface area contributed by atoms with E-state index in [1.165, 1.54) is 0 Å². The predicted octanol–water partition coefficient (Wildman–Crippen LogP) is 1.44. The summed E-state index contributed by atoms with van der Waals surface area (Å²) in [4.78, 5) is 13.1. The summed E-state index contributed by atoms with van der Waals surface area (Å²) < 4.78 is 0. The van der Waals surface area contributed by atoms with Crippen molar-refractivity contribution in [3.8, 4) is 0 Å². The molecule has 1 fully saturated rings. The molecule has 0 bridgehead atoms. The third-order valence-corrected chi connectivity index (χ3v) is 2.83. The van der Waals surface area contributed by atoms with Gasteiger partial charge < -0.3 is 10.6 Å². The zero-order chi connectivity index (χ0) is 9.14. The topological polar surface area (TPSA) is 46.3 Å². The molecule has 3 nitrogen and oxygen atoms in total. The molecular formula is C9H20Cl2N2O. The lowest BCUT2D eigenvalue weighted by atomic mass is 9.85. The number of carbonyl (C=O) groups excluding carboxylic acids is 1. The molecule has 0 aromatic rings. The second-order valence-electron chi connectivity index (χ2n) is 3.87. The van der Waals surface area contributed by atoms with E-state index < -0.39 is 0 Å². The number of halogens is 2. The van der Waals surface area contributed by atoms with Crippen molar-refractivity contribution < 1.29 is 4.79 Å². The maximum atomic E-state index is 10.8. The minimum Gasteiger partial charge on any atom is -0.369 e. The Morgan fingerprint density at radius 2 is 1.57 bits per heavy atom. The lowest BCUT2D eigenvalue weighted by Gasteiger charge is -2.31. The van der Waals surface area contributed by atoms with Crippen molar-refractivity contribution in [2.24, 2.45) is 11.7 Å². The molecule has 1 saturated carbocycles. The van der Waals surface area contributed by atoms with E-state index in [1.807, 2.05) is 0 Å². The smallest absolute Gasteiger partial charge is 0.220 e. The van der Waals surface area contributed by atoms with Crippen molar-refractivity contribution in [3.05, 3.63) is 0 Å². The Hall–Kier alpha value is 0.01000. The van der Waals surface area contributed by atoms with E-state index in [-0.39, 0.29) is 36.6 Å². The third kappa shape index (κ3) is 4.49. The van der Waals surface area contributed by atoms with Gasteiger partial charge in [0.25, 0.3) is 0 Å². The molecule has 1 amide bonds. The van der Waals surface area contributed by atoms with Crippen LogP contribution in [0.25, 0.3) is 0 Å². The van der Waals surface area contributed by atoms with Crippen LogP contribution >= 0.6 is 24.8 Å². The molecular weight excluding hydrogens is 223 g/mol. The molecule has 1 aliphatic carbocycles. The van der Waals surface area contributed by atoms with Gasteiger partial charge in [0, 0.05) is 12.0 Å². The molecule has 5 heteroatoms. The van der Waals surface area contributed by atoms with E-state index in [1.54, 1.807) is 0 Å². The lowest BCUT2D eigenvalue weighted by molar-refractivity contribution is -0.123. The minimum atomic E-state index is -0.118. The van der Waals surface area contributed by atoms with Crippen molar-refractivity contribution in [1.29, 1.82) is 0 Å². The predicted molar refractivity (Wildman–Crippen MR) is 63.1 cm³/mol. The van der Waals surface area contributed by atoms with Crippen molar-refractivity contribution >= 4 is 30.7 Å². The van der Waals surface area contributed by atoms with E-state index in [0.717, 1.165) is 25.7 Å². The van der Waals surface area contributed by atoms with Crippen molar-refractivity contribution in [2.45, 2.75) is 31.7 Å². The van der Waals surface area contributed by atoms with Gasteiger partial charge in [-0.25, -0.2) is 0 Å². The van der Waals surface area contributed by atoms with Gasteiger partial charge in [-0.2, -0.15) is 0 Å². The van der Waals surface area contributed by atoms with E-state index in [0.29, 0.717) is 6.04 Å². The maximum Gasteiger partial charge on any atom is 0.220 e. The van der Waals surface area contributed by atoms with Gasteiger partial charge in [0.1, 0.15) is 0 Å². The zero-order valence-corrected chi connectivity index (χ0v) is 10.4. The molecule has 0 unspecified atom stereocenters. The first-order valence-electron chi connectivity index (χ1n) is 4.57. The maximum absolute atomic E-state index is 10.8. The number of carbonyl (C=O) groups is 1. The van der Waals surface area contributed by atoms with Gasteiger partial charge in [0.15, 0.2) is 0 Å². The van der Waals surface area contributed by atoms with Crippen LogP contribution in [0.15, 0.2) is 0 Å². The van der Waals surface area contributed by atoms with Gasteiger partial charge in [-0.05, 0) is 39.8 Å². The van der Waals surface area contributed by atoms with E-state index in [9.17, 15) is 4.79 Å². The molecule has 2 N–H and O–H groups in total. The van der Waals surface area contributed by atoms with E-state index in [2.05, 4.69) is 19.0 Å². The minimum absolute atomic E-state index is 0. The molecule has 0 heterocycles. The summed E-state index contributed by atoms with van der Waals surface area (Å²) >= 11 is 0. The number of nitrogens with zero attached hydrogens (tertiary/aromatic N) is 1. The first kappa shape index (κ1) is 16.4. The van der Waals surface area contributed by atoms with E-state index in [4.69, 9.17) is 5.73 Å². The highest BCUT2D eigenvalue weighted by Crippen LogP contribution is 2.25. The van der Waals surface area contributed by atoms with Crippen LogP contribution < -0.4 is 5.73 Å². The van der Waals surface area contributed by atoms with Crippen molar-refractivity contribution in [2.75, 3.05) is 14.1 Å². The average molecular weight is 243 g/mol. The molecule has 0 spiro atoms. The van der Waals surface area contributed by atoms with Crippen LogP contribution in [0.1, 0.15) is 25.7 Å². The van der Waals surface area contributed by atoms with Crippen molar-refractivity contribution in [3.63, 3.8) is 0 Å². The summed E-state index contributed by atoms with van der Waals surface area (Å²) in [5, 5.41) is 0. The molecule has 0 aromatic heterocycles. The summed E-state index contributed by atoms with van der Waals surface area (Å²) in [5.41, 5.74) is 5.24. The average Bonchev–Trinajstić information content (AvgIpc) is 2.04. The van der Waals surface area contributed by atoms with Gasteiger partial charge in [-0.15, -0.1) is 24.8 Å². The first-order chi connectivity index (χ1) is 5.61. The van der Waals surface area contributed by atoms with Gasteiger partial charge in [0.2, 0.25) is 5.91 Å². The Bertz CT molecular complexity index is 168. The second-order valence-corrected chi connectivity index (χ2v) is 3.87. The fraction of sp³-hybridized carbons (Fsp3) is 0.889. The number of rotatable bonds is 2. The molecule has 0 aliphatic heterocycles. The highest BCUT2D eigenvalue weighted by atomic mass is 35.5. The van der Waals surface area contributed by atoms with Gasteiger partial charge in [-0.3, -0.25) is 4.79 Å². The second kappa shape index (κ2) is 7.32. The molecule has 0 saturated heterocycles. The fourth-order valence-electron chi connectivity index (χ4n) is 1.88. The standard InChI is InChI=1S/C9H18N2O.2ClH/c1-11(2)8-5-3-7(4-6-8)9(10)12;;/h7-8H,3-6H2,1-2H3,(H2,10,12);2*1H. The number of hydrogen-bond donors (Lipinski definition) is 1. The van der Waals surface area contributed by atoms with Gasteiger partial charge in [0.05, 0.1) is 0 Å². The normalized spacial score (nSPS) is 26.2. The van der Waals surface area contributed by atoms with Crippen LogP contribution in [-0.2, 0) is 4.79 Å². The lowest BCUT2D eigenvalue weighted by Crippen LogP contribution is -2.35. The van der Waals surface area contributed by atoms with Crippen LogP contribution in [0.2, 0.25) is 0 Å². The molecule has 0 aromatic carbocycles. The Morgan fingerprint density at radius 1 is 1.14 bits per heavy atom. The van der Waals surface area contributed by atoms with Crippen molar-refractivity contribution in [1.82, 2.24) is 4.90 Å². The number of nitrogens with two attached hydrogens (primary N) is 1. The summed E-state index contributed by atoms with van der Waals surface area (Å²) in [6.07, 6.45) is 4.16. The van der Waals surface area contributed by atoms with Crippen LogP contribution in [0.3, 0.4) is 0 Å². The summed E-state index contributed by atoms with van der Waals surface area (Å²) in [6, 6.07) is 0.653. The Morgan fingerprint density at radius 3 is 1.86 bits per heavy atom. The molecule has 86 valence electrons. The molecule has 0 atom stereocenters. The van der Waals surface area contributed by atoms with Gasteiger partial charge in [-0.1, -0.05) is 0 Å². The SMILES string of the molecule is CN(C)C1CCC(C(N)=O)CC1.Cl.Cl. The van der Waals surface area contributed by atoms with E-state index >= 15 is 0 Å². The van der Waals surface area contributed by atoms with Gasteiger partial charge >= 0.3 is 0 Å². The Kier molecular flexibility index (Phi) is 8.60. The fourth-order valence-corrected chi connectivity index (χ4v) is 1.88. The number of primary amides is 1. The monoisotopic (exact) mass is 242 g/mol. The third-order valence-electron chi connectivity index (χ3n) is 2.83. The van der Waals surface area contributed by atoms with Crippen LogP contribution in [0, 0.1) is 5.92 Å². The zero-order valence-electron chi connectivity index (χ0n) is 8.73. The highest BCUT2D eigenvalue weighted by molar-refractivity contribution is 5.85. The molecule has 1 aliphatic rings. The molecule has 1 rings (SSSR count).